The number of fused-ring (bicyclic) bond motifs is 1. The van der Waals surface area contributed by atoms with E-state index in [1.807, 2.05) is 24.3 Å². The van der Waals surface area contributed by atoms with Crippen molar-refractivity contribution in [1.29, 1.82) is 0 Å². The molecule has 1 N–H and O–H groups in total. The van der Waals surface area contributed by atoms with Gasteiger partial charge in [-0.05, 0) is 17.7 Å². The predicted octanol–water partition coefficient (Wildman–Crippen LogP) is 3.72. The minimum absolute atomic E-state index is 0.105. The molecule has 1 aliphatic heterocycles. The van der Waals surface area contributed by atoms with Gasteiger partial charge in [-0.3, -0.25) is 0 Å². The zero-order valence-corrected chi connectivity index (χ0v) is 11.4. The minimum atomic E-state index is 0.105. The monoisotopic (exact) mass is 295 g/mol. The van der Waals surface area contributed by atoms with Crippen LogP contribution in [0.5, 0.6) is 5.75 Å². The Morgan fingerprint density at radius 1 is 1.26 bits per heavy atom. The molecule has 0 saturated carbocycles. The molecule has 1 atom stereocenters. The molecule has 0 aliphatic carbocycles. The Bertz CT molecular complexity index is 606. The lowest BCUT2D eigenvalue weighted by Crippen LogP contribution is -2.21. The molecule has 4 nitrogen and oxygen atoms in total. The summed E-state index contributed by atoms with van der Waals surface area (Å²) in [6, 6.07) is 8.03. The first kappa shape index (κ1) is 12.5. The third kappa shape index (κ3) is 2.60. The summed E-state index contributed by atoms with van der Waals surface area (Å²) in [5, 5.41) is 3.92. The second-order valence-corrected chi connectivity index (χ2v) is 4.95. The zero-order chi connectivity index (χ0) is 13.2. The van der Waals surface area contributed by atoms with Crippen molar-refractivity contribution in [3.8, 4) is 5.75 Å². The molecule has 0 saturated heterocycles. The van der Waals surface area contributed by atoms with Gasteiger partial charge in [0.15, 0.2) is 0 Å². The molecular formula is C13H11Cl2N3O. The van der Waals surface area contributed by atoms with E-state index < -0.39 is 0 Å². The van der Waals surface area contributed by atoms with Crippen LogP contribution >= 0.6 is 23.2 Å². The first-order chi connectivity index (χ1) is 9.24. The van der Waals surface area contributed by atoms with Crippen LogP contribution in [0.3, 0.4) is 0 Å². The van der Waals surface area contributed by atoms with Gasteiger partial charge in [0.05, 0.1) is 18.8 Å². The maximum atomic E-state index is 6.07. The molecule has 0 bridgehead atoms. The van der Waals surface area contributed by atoms with E-state index in [0.29, 0.717) is 17.4 Å². The molecule has 6 heteroatoms. The van der Waals surface area contributed by atoms with Gasteiger partial charge in [0.1, 0.15) is 16.6 Å². The van der Waals surface area contributed by atoms with E-state index in [2.05, 4.69) is 15.3 Å². The summed E-state index contributed by atoms with van der Waals surface area (Å²) >= 11 is 11.9. The average molecular weight is 296 g/mol. The van der Waals surface area contributed by atoms with Crippen LogP contribution in [0.4, 0.5) is 5.82 Å². The number of nitrogens with zero attached hydrogens (tertiary/aromatic N) is 2. The fraction of sp³-hybridized carbons (Fsp3) is 0.231. The summed E-state index contributed by atoms with van der Waals surface area (Å²) in [4.78, 5) is 7.94. The van der Waals surface area contributed by atoms with Crippen molar-refractivity contribution in [1.82, 2.24) is 9.97 Å². The molecule has 0 fully saturated rings. The molecule has 0 radical (unpaired) electrons. The number of hydrogen-bond donors (Lipinski definition) is 1. The van der Waals surface area contributed by atoms with Crippen molar-refractivity contribution in [3.05, 3.63) is 46.3 Å². The second-order valence-electron chi connectivity index (χ2n) is 4.21. The van der Waals surface area contributed by atoms with Crippen LogP contribution in [0.2, 0.25) is 10.3 Å². The fourth-order valence-corrected chi connectivity index (χ4v) is 2.38. The second kappa shape index (κ2) is 5.23. The highest BCUT2D eigenvalue weighted by atomic mass is 35.5. The molecule has 19 heavy (non-hydrogen) atoms. The SMILES string of the molecule is Clc1ncc(Cl)c(NC2CCOc3ccccc32)n1. The summed E-state index contributed by atoms with van der Waals surface area (Å²) in [7, 11) is 0. The van der Waals surface area contributed by atoms with E-state index in [1.165, 1.54) is 6.20 Å². The molecule has 3 rings (SSSR count). The average Bonchev–Trinajstić information content (AvgIpc) is 2.43. The minimum Gasteiger partial charge on any atom is -0.493 e. The molecule has 2 heterocycles. The van der Waals surface area contributed by atoms with Gasteiger partial charge in [-0.2, -0.15) is 4.98 Å². The van der Waals surface area contributed by atoms with Crippen LogP contribution in [0, 0.1) is 0 Å². The van der Waals surface area contributed by atoms with E-state index >= 15 is 0 Å². The molecule has 2 aromatic rings. The van der Waals surface area contributed by atoms with Gasteiger partial charge in [0.25, 0.3) is 0 Å². The standard InChI is InChI=1S/C13H11Cl2N3O/c14-9-7-16-13(15)18-12(9)17-10-5-6-19-11-4-2-1-3-8(10)11/h1-4,7,10H,5-6H2,(H,16,17,18). The summed E-state index contributed by atoms with van der Waals surface area (Å²) in [6.45, 7) is 0.658. The fourth-order valence-electron chi connectivity index (χ4n) is 2.10. The zero-order valence-electron chi connectivity index (χ0n) is 9.94. The number of hydrogen-bond acceptors (Lipinski definition) is 4. The van der Waals surface area contributed by atoms with Crippen molar-refractivity contribution in [2.24, 2.45) is 0 Å². The maximum absolute atomic E-state index is 6.07. The number of anilines is 1. The van der Waals surface area contributed by atoms with Gasteiger partial charge >= 0.3 is 0 Å². The predicted molar refractivity (Wildman–Crippen MR) is 75.0 cm³/mol. The Balaban J connectivity index is 1.90. The molecule has 1 aliphatic rings. The molecule has 98 valence electrons. The lowest BCUT2D eigenvalue weighted by atomic mass is 10.0. The van der Waals surface area contributed by atoms with Crippen molar-refractivity contribution in [2.75, 3.05) is 11.9 Å². The highest BCUT2D eigenvalue weighted by Gasteiger charge is 2.22. The number of aromatic nitrogens is 2. The number of halogens is 2. The maximum Gasteiger partial charge on any atom is 0.224 e. The van der Waals surface area contributed by atoms with Crippen LogP contribution in [-0.2, 0) is 0 Å². The summed E-state index contributed by atoms with van der Waals surface area (Å²) in [5.41, 5.74) is 1.10. The van der Waals surface area contributed by atoms with E-state index in [0.717, 1.165) is 17.7 Å². The van der Waals surface area contributed by atoms with Gasteiger partial charge < -0.3 is 10.1 Å². The van der Waals surface area contributed by atoms with E-state index in [-0.39, 0.29) is 11.3 Å². The first-order valence-electron chi connectivity index (χ1n) is 5.90. The van der Waals surface area contributed by atoms with Gasteiger partial charge in [0, 0.05) is 12.0 Å². The van der Waals surface area contributed by atoms with Crippen molar-refractivity contribution >= 4 is 29.0 Å². The van der Waals surface area contributed by atoms with E-state index in [9.17, 15) is 0 Å². The van der Waals surface area contributed by atoms with E-state index in [1.54, 1.807) is 0 Å². The third-order valence-corrected chi connectivity index (χ3v) is 3.44. The third-order valence-electron chi connectivity index (χ3n) is 2.98. The molecular weight excluding hydrogens is 285 g/mol. The normalized spacial score (nSPS) is 17.5. The number of ether oxygens (including phenoxy) is 1. The Morgan fingerprint density at radius 3 is 3.00 bits per heavy atom. The van der Waals surface area contributed by atoms with Crippen LogP contribution in [0.15, 0.2) is 30.5 Å². The van der Waals surface area contributed by atoms with Crippen LogP contribution in [0.25, 0.3) is 0 Å². The summed E-state index contributed by atoms with van der Waals surface area (Å²) in [5.74, 6) is 1.44. The number of rotatable bonds is 2. The summed E-state index contributed by atoms with van der Waals surface area (Å²) in [6.07, 6.45) is 2.33. The highest BCUT2D eigenvalue weighted by Crippen LogP contribution is 2.35. The van der Waals surface area contributed by atoms with Crippen LogP contribution < -0.4 is 10.1 Å². The van der Waals surface area contributed by atoms with Gasteiger partial charge in [-0.1, -0.05) is 29.8 Å². The molecule has 1 aromatic heterocycles. The smallest absolute Gasteiger partial charge is 0.224 e. The largest absolute Gasteiger partial charge is 0.493 e. The molecule has 1 unspecified atom stereocenters. The number of benzene rings is 1. The topological polar surface area (TPSA) is 47.0 Å². The molecule has 0 spiro atoms. The lowest BCUT2D eigenvalue weighted by Gasteiger charge is -2.27. The highest BCUT2D eigenvalue weighted by molar-refractivity contribution is 6.33. The molecule has 1 aromatic carbocycles. The van der Waals surface area contributed by atoms with Crippen molar-refractivity contribution in [2.45, 2.75) is 12.5 Å². The summed E-state index contributed by atoms with van der Waals surface area (Å²) < 4.78 is 5.61. The number of nitrogens with one attached hydrogen (secondary N) is 1. The number of para-hydroxylation sites is 1. The quantitative estimate of drug-likeness (QED) is 0.858. The lowest BCUT2D eigenvalue weighted by molar-refractivity contribution is 0.274. The van der Waals surface area contributed by atoms with E-state index in [4.69, 9.17) is 27.9 Å². The Kier molecular flexibility index (Phi) is 3.44. The van der Waals surface area contributed by atoms with Gasteiger partial charge in [0.2, 0.25) is 5.28 Å². The van der Waals surface area contributed by atoms with Gasteiger partial charge in [-0.15, -0.1) is 0 Å². The van der Waals surface area contributed by atoms with Crippen molar-refractivity contribution < 1.29 is 4.74 Å². The Labute approximate surface area is 120 Å². The van der Waals surface area contributed by atoms with Crippen LogP contribution in [-0.4, -0.2) is 16.6 Å². The van der Waals surface area contributed by atoms with Crippen molar-refractivity contribution in [3.63, 3.8) is 0 Å². The molecule has 0 amide bonds. The first-order valence-corrected chi connectivity index (χ1v) is 6.66. The van der Waals surface area contributed by atoms with Gasteiger partial charge in [-0.25, -0.2) is 4.98 Å². The Morgan fingerprint density at radius 2 is 2.11 bits per heavy atom. The Hall–Kier alpha value is -1.52. The van der Waals surface area contributed by atoms with Crippen LogP contribution in [0.1, 0.15) is 18.0 Å².